The average Bonchev–Trinajstić information content (AvgIpc) is 3.19. The molecular weight excluding hydrogens is 442 g/mol. The van der Waals surface area contributed by atoms with Crippen molar-refractivity contribution in [1.29, 1.82) is 0 Å². The van der Waals surface area contributed by atoms with Crippen LogP contribution in [0.4, 0.5) is 5.82 Å². The van der Waals surface area contributed by atoms with Gasteiger partial charge in [-0.15, -0.1) is 0 Å². The maximum Gasteiger partial charge on any atom is 0.226 e. The van der Waals surface area contributed by atoms with Crippen molar-refractivity contribution < 1.29 is 22.7 Å². The molecule has 0 aliphatic carbocycles. The summed E-state index contributed by atoms with van der Waals surface area (Å²) in [5.74, 6) is 1.38. The number of aromatic nitrogens is 2. The van der Waals surface area contributed by atoms with Crippen molar-refractivity contribution in [2.45, 2.75) is 23.8 Å². The number of carbonyl (C=O) groups excluding carboxylic acids is 1. The van der Waals surface area contributed by atoms with Crippen molar-refractivity contribution in [3.8, 4) is 11.5 Å². The molecule has 8 nitrogen and oxygen atoms in total. The van der Waals surface area contributed by atoms with E-state index in [9.17, 15) is 13.2 Å². The van der Waals surface area contributed by atoms with Gasteiger partial charge in [-0.05, 0) is 29.8 Å². The number of nitrogens with zero attached hydrogens (tertiary/aromatic N) is 1. The molecule has 0 fully saturated rings. The first-order chi connectivity index (χ1) is 14.8. The van der Waals surface area contributed by atoms with Gasteiger partial charge < -0.3 is 14.8 Å². The molecular formula is C21H20ClN3O5S. The summed E-state index contributed by atoms with van der Waals surface area (Å²) in [6.07, 6.45) is 3.14. The van der Waals surface area contributed by atoms with Crippen LogP contribution < -0.4 is 14.8 Å². The number of ether oxygens (including phenoxy) is 2. The number of hydrogen-bond acceptors (Lipinski definition) is 6. The van der Waals surface area contributed by atoms with Crippen LogP contribution in [0.15, 0.2) is 47.5 Å². The molecule has 0 saturated carbocycles. The maximum atomic E-state index is 12.0. The van der Waals surface area contributed by atoms with E-state index in [1.54, 1.807) is 18.3 Å². The summed E-state index contributed by atoms with van der Waals surface area (Å²) in [6, 6.07) is 10.0. The molecule has 10 heteroatoms. The van der Waals surface area contributed by atoms with E-state index in [0.29, 0.717) is 34.3 Å². The van der Waals surface area contributed by atoms with Crippen LogP contribution in [0.1, 0.15) is 29.0 Å². The average molecular weight is 462 g/mol. The third-order valence-electron chi connectivity index (χ3n) is 5.12. The van der Waals surface area contributed by atoms with E-state index < -0.39 is 9.84 Å². The summed E-state index contributed by atoms with van der Waals surface area (Å²) in [4.78, 5) is 12.2. The fraction of sp³-hybridized carbons (Fsp3) is 0.238. The first kappa shape index (κ1) is 21.2. The van der Waals surface area contributed by atoms with Crippen molar-refractivity contribution >= 4 is 33.2 Å². The van der Waals surface area contributed by atoms with Crippen molar-refractivity contribution in [3.05, 3.63) is 64.3 Å². The molecule has 0 bridgehead atoms. The molecule has 1 atom stereocenters. The van der Waals surface area contributed by atoms with Crippen LogP contribution in [0.25, 0.3) is 0 Å². The molecule has 2 N–H and O–H groups in total. The zero-order valence-corrected chi connectivity index (χ0v) is 18.4. The monoisotopic (exact) mass is 461 g/mol. The number of nitrogens with one attached hydrogen (secondary N) is 2. The second kappa shape index (κ2) is 8.24. The topological polar surface area (TPSA) is 110 Å². The number of benzene rings is 2. The van der Waals surface area contributed by atoms with Crippen LogP contribution in [-0.4, -0.2) is 37.9 Å². The van der Waals surface area contributed by atoms with Gasteiger partial charge in [-0.1, -0.05) is 23.7 Å². The van der Waals surface area contributed by atoms with Gasteiger partial charge >= 0.3 is 0 Å². The summed E-state index contributed by atoms with van der Waals surface area (Å²) in [6.45, 7) is 0.135. The third-order valence-corrected chi connectivity index (χ3v) is 6.59. The van der Waals surface area contributed by atoms with E-state index in [4.69, 9.17) is 21.1 Å². The van der Waals surface area contributed by atoms with E-state index in [0.717, 1.165) is 17.4 Å². The Bertz CT molecular complexity index is 1260. The van der Waals surface area contributed by atoms with Gasteiger partial charge in [0.2, 0.25) is 5.91 Å². The standard InChI is InChI=1S/C21H20ClN3O5S/c1-29-19-7-12(15-9-20(26)24-21-16(15)10-23-25-21)4-6-18(19)30-11-13-3-5-14(8-17(13)22)31(2,27)28/h3-8,10,15H,9,11H2,1-2H3,(H2,23,24,25,26). The molecule has 1 amide bonds. The lowest BCUT2D eigenvalue weighted by Gasteiger charge is -2.23. The molecule has 0 saturated heterocycles. The summed E-state index contributed by atoms with van der Waals surface area (Å²) < 4.78 is 34.7. The second-order valence-corrected chi connectivity index (χ2v) is 9.65. The van der Waals surface area contributed by atoms with Crippen LogP contribution in [0, 0.1) is 0 Å². The molecule has 1 aromatic heterocycles. The Labute approximate surface area is 184 Å². The quantitative estimate of drug-likeness (QED) is 0.581. The lowest BCUT2D eigenvalue weighted by molar-refractivity contribution is -0.116. The number of anilines is 1. The first-order valence-corrected chi connectivity index (χ1v) is 11.7. The van der Waals surface area contributed by atoms with E-state index in [2.05, 4.69) is 15.5 Å². The number of rotatable bonds is 6. The van der Waals surface area contributed by atoms with E-state index in [1.807, 2.05) is 12.1 Å². The van der Waals surface area contributed by atoms with E-state index in [1.165, 1.54) is 19.2 Å². The molecule has 2 aromatic carbocycles. The van der Waals surface area contributed by atoms with E-state index >= 15 is 0 Å². The first-order valence-electron chi connectivity index (χ1n) is 9.38. The van der Waals surface area contributed by atoms with Crippen LogP contribution in [0.5, 0.6) is 11.5 Å². The normalized spacial score (nSPS) is 15.8. The number of carbonyl (C=O) groups is 1. The Balaban J connectivity index is 1.56. The summed E-state index contributed by atoms with van der Waals surface area (Å²) >= 11 is 6.23. The maximum absolute atomic E-state index is 12.0. The fourth-order valence-corrected chi connectivity index (χ4v) is 4.44. The molecule has 162 valence electrons. The number of hydrogen-bond donors (Lipinski definition) is 2. The summed E-state index contributed by atoms with van der Waals surface area (Å²) in [5, 5.41) is 9.90. The van der Waals surface area contributed by atoms with Crippen LogP contribution in [0.2, 0.25) is 5.02 Å². The predicted molar refractivity (Wildman–Crippen MR) is 116 cm³/mol. The predicted octanol–water partition coefficient (Wildman–Crippen LogP) is 3.53. The molecule has 1 aliphatic heterocycles. The SMILES string of the molecule is COc1cc(C2CC(=O)Nc3[nH]ncc32)ccc1OCc1ccc(S(C)(=O)=O)cc1Cl. The van der Waals surface area contributed by atoms with E-state index in [-0.39, 0.29) is 23.3 Å². The third kappa shape index (κ3) is 4.38. The molecule has 2 heterocycles. The van der Waals surface area contributed by atoms with Gasteiger partial charge in [-0.25, -0.2) is 8.42 Å². The Kier molecular flexibility index (Phi) is 5.63. The number of aromatic amines is 1. The lowest BCUT2D eigenvalue weighted by Crippen LogP contribution is -2.23. The summed E-state index contributed by atoms with van der Waals surface area (Å²) in [5.41, 5.74) is 2.46. The van der Waals surface area contributed by atoms with Crippen molar-refractivity contribution in [3.63, 3.8) is 0 Å². The van der Waals surface area contributed by atoms with Gasteiger partial charge in [0.15, 0.2) is 21.3 Å². The number of H-pyrrole nitrogens is 1. The summed E-state index contributed by atoms with van der Waals surface area (Å²) in [7, 11) is -1.80. The molecule has 1 unspecified atom stereocenters. The van der Waals surface area contributed by atoms with Gasteiger partial charge in [-0.3, -0.25) is 9.89 Å². The number of methoxy groups -OCH3 is 1. The molecule has 0 radical (unpaired) electrons. The Morgan fingerprint density at radius 2 is 2.00 bits per heavy atom. The van der Waals surface area contributed by atoms with Gasteiger partial charge in [0.05, 0.1) is 18.2 Å². The Morgan fingerprint density at radius 1 is 1.19 bits per heavy atom. The minimum absolute atomic E-state index is 0.0896. The van der Waals surface area contributed by atoms with Crippen LogP contribution in [0.3, 0.4) is 0 Å². The largest absolute Gasteiger partial charge is 0.493 e. The number of halogens is 1. The van der Waals surface area contributed by atoms with Crippen molar-refractivity contribution in [2.24, 2.45) is 0 Å². The number of fused-ring (bicyclic) bond motifs is 1. The highest BCUT2D eigenvalue weighted by Gasteiger charge is 2.28. The second-order valence-electron chi connectivity index (χ2n) is 7.23. The lowest BCUT2D eigenvalue weighted by atomic mass is 9.87. The molecule has 31 heavy (non-hydrogen) atoms. The van der Waals surface area contributed by atoms with Gasteiger partial charge in [-0.2, -0.15) is 5.10 Å². The number of amides is 1. The highest BCUT2D eigenvalue weighted by molar-refractivity contribution is 7.90. The van der Waals surface area contributed by atoms with Gasteiger partial charge in [0.25, 0.3) is 0 Å². The zero-order chi connectivity index (χ0) is 22.2. The minimum Gasteiger partial charge on any atom is -0.493 e. The van der Waals surface area contributed by atoms with Gasteiger partial charge in [0.1, 0.15) is 12.4 Å². The Hall–Kier alpha value is -3.04. The number of sulfone groups is 1. The zero-order valence-electron chi connectivity index (χ0n) is 16.8. The fourth-order valence-electron chi connectivity index (χ4n) is 3.49. The smallest absolute Gasteiger partial charge is 0.226 e. The minimum atomic E-state index is -3.34. The van der Waals surface area contributed by atoms with Crippen LogP contribution in [-0.2, 0) is 21.2 Å². The van der Waals surface area contributed by atoms with Gasteiger partial charge in [0, 0.05) is 34.7 Å². The molecule has 3 aromatic rings. The Morgan fingerprint density at radius 3 is 2.71 bits per heavy atom. The molecule has 0 spiro atoms. The highest BCUT2D eigenvalue weighted by Crippen LogP contribution is 2.39. The van der Waals surface area contributed by atoms with Crippen molar-refractivity contribution in [1.82, 2.24) is 10.2 Å². The molecule has 4 rings (SSSR count). The highest BCUT2D eigenvalue weighted by atomic mass is 35.5. The van der Waals surface area contributed by atoms with Crippen LogP contribution >= 0.6 is 11.6 Å². The molecule has 1 aliphatic rings. The van der Waals surface area contributed by atoms with Crippen molar-refractivity contribution in [2.75, 3.05) is 18.7 Å².